The number of anilines is 1. The molecule has 1 aliphatic rings. The summed E-state index contributed by atoms with van der Waals surface area (Å²) in [6.07, 6.45) is 0.216. The van der Waals surface area contributed by atoms with Gasteiger partial charge in [-0.1, -0.05) is 6.07 Å². The van der Waals surface area contributed by atoms with E-state index in [0.29, 0.717) is 23.8 Å². The van der Waals surface area contributed by atoms with Gasteiger partial charge in [0.1, 0.15) is 34.8 Å². The molecule has 0 saturated carbocycles. The molecule has 4 rings (SSSR count). The molecular weight excluding hydrogens is 537 g/mol. The first kappa shape index (κ1) is 28.8. The van der Waals surface area contributed by atoms with Crippen LogP contribution in [-0.2, 0) is 13.1 Å². The van der Waals surface area contributed by atoms with Crippen molar-refractivity contribution in [1.82, 2.24) is 10.2 Å². The smallest absolute Gasteiger partial charge is 0.325 e. The fraction of sp³-hybridized carbons (Fsp3) is 0.286. The molecule has 3 amide bonds. The van der Waals surface area contributed by atoms with Gasteiger partial charge in [0.05, 0.1) is 24.9 Å². The molecule has 7 nitrogen and oxygen atoms in total. The molecule has 212 valence electrons. The van der Waals surface area contributed by atoms with E-state index in [0.717, 1.165) is 6.07 Å². The van der Waals surface area contributed by atoms with E-state index in [1.807, 2.05) is 0 Å². The number of carbonyl (C=O) groups excluding carboxylic acids is 2. The van der Waals surface area contributed by atoms with Gasteiger partial charge in [0, 0.05) is 67.6 Å². The lowest BCUT2D eigenvalue weighted by Gasteiger charge is -2.40. The van der Waals surface area contributed by atoms with E-state index in [4.69, 9.17) is 9.84 Å². The van der Waals surface area contributed by atoms with E-state index < -0.39 is 59.2 Å². The Morgan fingerprint density at radius 2 is 1.60 bits per heavy atom. The maximum absolute atomic E-state index is 14.9. The average Bonchev–Trinajstić information content (AvgIpc) is 2.90. The molecule has 12 heteroatoms. The predicted molar refractivity (Wildman–Crippen MR) is 135 cm³/mol. The third-order valence-corrected chi connectivity index (χ3v) is 6.67. The van der Waals surface area contributed by atoms with Crippen LogP contribution in [0.3, 0.4) is 0 Å². The van der Waals surface area contributed by atoms with Crippen LogP contribution in [0.15, 0.2) is 42.5 Å². The number of carbonyl (C=O) groups is 2. The van der Waals surface area contributed by atoms with Gasteiger partial charge in [0.2, 0.25) is 0 Å². The molecule has 0 radical (unpaired) electrons. The van der Waals surface area contributed by atoms with Crippen LogP contribution in [0.5, 0.6) is 5.75 Å². The number of urea groups is 1. The summed E-state index contributed by atoms with van der Waals surface area (Å²) < 4.78 is 75.6. The lowest BCUT2D eigenvalue weighted by Crippen LogP contribution is -2.46. The van der Waals surface area contributed by atoms with Crippen LogP contribution in [0.4, 0.5) is 32.4 Å². The molecule has 2 N–H and O–H groups in total. The number of hydrogen-bond donors (Lipinski definition) is 2. The monoisotopic (exact) mass is 563 g/mol. The Labute approximate surface area is 226 Å². The minimum atomic E-state index is -1.16. The largest absolute Gasteiger partial charge is 0.493 e. The maximum atomic E-state index is 14.9. The highest BCUT2D eigenvalue weighted by Gasteiger charge is 2.35. The molecule has 0 fully saturated rings. The topological polar surface area (TPSA) is 82.1 Å². The van der Waals surface area contributed by atoms with Gasteiger partial charge in [-0.2, -0.15) is 0 Å². The van der Waals surface area contributed by atoms with Crippen molar-refractivity contribution in [3.63, 3.8) is 0 Å². The van der Waals surface area contributed by atoms with Crippen molar-refractivity contribution < 1.29 is 41.4 Å². The number of nitrogens with zero attached hydrogens (tertiary/aromatic N) is 2. The highest BCUT2D eigenvalue weighted by molar-refractivity contribution is 5.99. The fourth-order valence-corrected chi connectivity index (χ4v) is 4.37. The fourth-order valence-electron chi connectivity index (χ4n) is 4.37. The van der Waals surface area contributed by atoms with Crippen LogP contribution in [-0.4, -0.2) is 42.2 Å². The highest BCUT2D eigenvalue weighted by Crippen LogP contribution is 2.38. The van der Waals surface area contributed by atoms with Crippen LogP contribution in [0.25, 0.3) is 0 Å². The van der Waals surface area contributed by atoms with E-state index in [1.165, 1.54) is 21.9 Å². The normalized spacial score (nSPS) is 14.8. The molecule has 0 aromatic heterocycles. The Bertz CT molecular complexity index is 1430. The molecule has 0 spiro atoms. The number of ether oxygens (including phenoxy) is 1. The van der Waals surface area contributed by atoms with Gasteiger partial charge in [-0.25, -0.2) is 26.7 Å². The Balaban J connectivity index is 1.66. The van der Waals surface area contributed by atoms with Crippen molar-refractivity contribution in [2.24, 2.45) is 0 Å². The van der Waals surface area contributed by atoms with Gasteiger partial charge in [0.15, 0.2) is 0 Å². The Morgan fingerprint density at radius 1 is 0.975 bits per heavy atom. The molecule has 1 atom stereocenters. The number of rotatable bonds is 9. The van der Waals surface area contributed by atoms with Crippen LogP contribution in [0.2, 0.25) is 0 Å². The summed E-state index contributed by atoms with van der Waals surface area (Å²) in [5.41, 5.74) is 0.293. The number of nitrogens with one attached hydrogen (secondary N) is 1. The van der Waals surface area contributed by atoms with Gasteiger partial charge in [0.25, 0.3) is 5.91 Å². The minimum Gasteiger partial charge on any atom is -0.493 e. The molecule has 3 aromatic carbocycles. The van der Waals surface area contributed by atoms with Gasteiger partial charge in [-0.3, -0.25) is 9.69 Å². The second-order valence-corrected chi connectivity index (χ2v) is 9.25. The van der Waals surface area contributed by atoms with Crippen molar-refractivity contribution >= 4 is 17.6 Å². The standard InChI is InChI=1S/C28H26F5N3O4/c1-15-19-5-4-16(27(38)34-13-20-22(31)9-17(29)10-23(20)32)8-25(19)36(28(39)35(15)2)14-21-24(33)11-18(30)12-26(21)40-7-3-6-37/h4-5,8-12,15,37H,3,6-7,13-14H2,1-2H3,(H,34,38). The van der Waals surface area contributed by atoms with Crippen LogP contribution in [0.1, 0.15) is 46.4 Å². The zero-order valence-electron chi connectivity index (χ0n) is 21.6. The quantitative estimate of drug-likeness (QED) is 0.277. The van der Waals surface area contributed by atoms with Crippen molar-refractivity contribution in [2.75, 3.05) is 25.2 Å². The lowest BCUT2D eigenvalue weighted by atomic mass is 9.98. The maximum Gasteiger partial charge on any atom is 0.325 e. The summed E-state index contributed by atoms with van der Waals surface area (Å²) in [7, 11) is 1.55. The Kier molecular flexibility index (Phi) is 8.58. The molecule has 1 heterocycles. The van der Waals surface area contributed by atoms with Crippen molar-refractivity contribution in [2.45, 2.75) is 32.5 Å². The number of hydrogen-bond acceptors (Lipinski definition) is 4. The first-order chi connectivity index (χ1) is 19.0. The number of fused-ring (bicyclic) bond motifs is 1. The van der Waals surface area contributed by atoms with E-state index in [1.54, 1.807) is 20.0 Å². The van der Waals surface area contributed by atoms with Gasteiger partial charge in [-0.05, 0) is 24.6 Å². The molecule has 1 unspecified atom stereocenters. The minimum absolute atomic E-state index is 0.0204. The molecular formula is C28H26F5N3O4. The zero-order valence-corrected chi connectivity index (χ0v) is 21.6. The summed E-state index contributed by atoms with van der Waals surface area (Å²) in [5, 5.41) is 11.4. The van der Waals surface area contributed by atoms with E-state index in [2.05, 4.69) is 5.32 Å². The number of halogens is 5. The summed E-state index contributed by atoms with van der Waals surface area (Å²) in [5.74, 6) is -6.12. The van der Waals surface area contributed by atoms with Crippen molar-refractivity contribution in [3.05, 3.63) is 93.8 Å². The number of aliphatic hydroxyl groups excluding tert-OH is 1. The molecule has 1 aliphatic heterocycles. The number of amides is 3. The molecule has 40 heavy (non-hydrogen) atoms. The highest BCUT2D eigenvalue weighted by atomic mass is 19.2. The molecule has 0 saturated heterocycles. The zero-order chi connectivity index (χ0) is 29.1. The number of benzene rings is 3. The van der Waals surface area contributed by atoms with Gasteiger partial charge < -0.3 is 20.1 Å². The predicted octanol–water partition coefficient (Wildman–Crippen LogP) is 5.21. The second kappa shape index (κ2) is 11.9. The van der Waals surface area contributed by atoms with E-state index in [-0.39, 0.29) is 48.7 Å². The van der Waals surface area contributed by atoms with Gasteiger partial charge in [-0.15, -0.1) is 0 Å². The summed E-state index contributed by atoms with van der Waals surface area (Å²) in [6, 6.07) is 6.15. The van der Waals surface area contributed by atoms with Gasteiger partial charge >= 0.3 is 6.03 Å². The summed E-state index contributed by atoms with van der Waals surface area (Å²) >= 11 is 0. The molecule has 0 bridgehead atoms. The second-order valence-electron chi connectivity index (χ2n) is 9.25. The average molecular weight is 564 g/mol. The Morgan fingerprint density at radius 3 is 2.25 bits per heavy atom. The third kappa shape index (κ3) is 5.86. The van der Waals surface area contributed by atoms with E-state index >= 15 is 0 Å². The Hall–Kier alpha value is -4.19. The van der Waals surface area contributed by atoms with Crippen molar-refractivity contribution in [1.29, 1.82) is 0 Å². The number of aliphatic hydroxyl groups is 1. The van der Waals surface area contributed by atoms with Crippen LogP contribution < -0.4 is 15.0 Å². The molecule has 0 aliphatic carbocycles. The summed E-state index contributed by atoms with van der Waals surface area (Å²) in [6.45, 7) is 0.605. The van der Waals surface area contributed by atoms with Crippen molar-refractivity contribution in [3.8, 4) is 5.75 Å². The van der Waals surface area contributed by atoms with Crippen LogP contribution in [0, 0.1) is 29.1 Å². The SMILES string of the molecule is CC1c2ccc(C(=O)NCc3c(F)cc(F)cc3F)cc2N(Cc2c(F)cc(F)cc2OCCCO)C(=O)N1C. The first-order valence-corrected chi connectivity index (χ1v) is 12.3. The third-order valence-electron chi connectivity index (χ3n) is 6.67. The first-order valence-electron chi connectivity index (χ1n) is 12.3. The van der Waals surface area contributed by atoms with Crippen LogP contribution >= 0.6 is 0 Å². The van der Waals surface area contributed by atoms with E-state index in [9.17, 15) is 31.5 Å². The lowest BCUT2D eigenvalue weighted by molar-refractivity contribution is 0.0950. The molecule has 3 aromatic rings. The summed E-state index contributed by atoms with van der Waals surface area (Å²) in [4.78, 5) is 28.8.